The second-order valence-corrected chi connectivity index (χ2v) is 8.40. The van der Waals surface area contributed by atoms with Crippen molar-refractivity contribution in [3.63, 3.8) is 0 Å². The van der Waals surface area contributed by atoms with Gasteiger partial charge in [-0.3, -0.25) is 24.1 Å². The second-order valence-electron chi connectivity index (χ2n) is 8.40. The fourth-order valence-corrected chi connectivity index (χ4v) is 3.72. The molecule has 0 spiro atoms. The van der Waals surface area contributed by atoms with E-state index in [1.807, 2.05) is 0 Å². The molecule has 2 aromatic rings. The summed E-state index contributed by atoms with van der Waals surface area (Å²) in [6, 6.07) is 12.8. The third-order valence-electron chi connectivity index (χ3n) is 5.65. The number of rotatable bonds is 12. The van der Waals surface area contributed by atoms with Gasteiger partial charge < -0.3 is 14.6 Å². The molecule has 0 saturated heterocycles. The third kappa shape index (κ3) is 5.88. The molecule has 8 heteroatoms. The number of fused-ring (bicyclic) bond motifs is 1. The number of benzene rings is 2. The molecule has 0 radical (unpaired) electrons. The number of carbonyl (C=O) groups excluding carboxylic acids is 4. The molecule has 8 nitrogen and oxygen atoms in total. The second kappa shape index (κ2) is 11.1. The molecule has 1 heterocycles. The predicted octanol–water partition coefficient (Wildman–Crippen LogP) is 3.42. The van der Waals surface area contributed by atoms with Crippen molar-refractivity contribution >= 4 is 23.6 Å². The Labute approximate surface area is 198 Å². The Bertz CT molecular complexity index is 1020. The molecule has 1 unspecified atom stereocenters. The van der Waals surface area contributed by atoms with Crippen LogP contribution in [0.1, 0.15) is 70.6 Å². The van der Waals surface area contributed by atoms with E-state index in [0.717, 1.165) is 24.2 Å². The summed E-state index contributed by atoms with van der Waals surface area (Å²) in [6.07, 6.45) is 3.15. The van der Waals surface area contributed by atoms with Crippen molar-refractivity contribution in [3.8, 4) is 5.75 Å². The zero-order valence-electron chi connectivity index (χ0n) is 19.4. The molecule has 1 aliphatic heterocycles. The zero-order valence-corrected chi connectivity index (χ0v) is 19.4. The van der Waals surface area contributed by atoms with Gasteiger partial charge in [-0.05, 0) is 49.7 Å². The molecule has 0 saturated carbocycles. The number of amides is 2. The number of imide groups is 1. The van der Waals surface area contributed by atoms with Gasteiger partial charge in [0.2, 0.25) is 0 Å². The maximum absolute atomic E-state index is 12.6. The van der Waals surface area contributed by atoms with E-state index < -0.39 is 29.9 Å². The molecular weight excluding hydrogens is 438 g/mol. The van der Waals surface area contributed by atoms with Crippen molar-refractivity contribution in [3.05, 3.63) is 65.2 Å². The van der Waals surface area contributed by atoms with E-state index in [0.29, 0.717) is 17.7 Å². The lowest BCUT2D eigenvalue weighted by Gasteiger charge is -2.21. The predicted molar refractivity (Wildman–Crippen MR) is 124 cm³/mol. The van der Waals surface area contributed by atoms with Gasteiger partial charge in [-0.25, -0.2) is 0 Å². The Morgan fingerprint density at radius 1 is 0.941 bits per heavy atom. The van der Waals surface area contributed by atoms with Gasteiger partial charge in [0.05, 0.1) is 11.1 Å². The summed E-state index contributed by atoms with van der Waals surface area (Å²) in [5.41, 5.74) is -0.479. The number of esters is 1. The Morgan fingerprint density at radius 2 is 1.56 bits per heavy atom. The number of unbranched alkanes of at least 4 members (excludes halogenated alkanes) is 2. The maximum Gasteiger partial charge on any atom is 0.326 e. The summed E-state index contributed by atoms with van der Waals surface area (Å²) in [6.45, 7) is 3.10. The SMILES string of the molecule is CCCCCC(C)(O)C(=O)c1ccc(OCCOC(=O)CN2C(=O)c3ccccc3C2=O)cc1. The van der Waals surface area contributed by atoms with Crippen LogP contribution in [0.15, 0.2) is 48.5 Å². The highest BCUT2D eigenvalue weighted by Gasteiger charge is 2.36. The van der Waals surface area contributed by atoms with Crippen LogP contribution in [0.2, 0.25) is 0 Å². The summed E-state index contributed by atoms with van der Waals surface area (Å²) in [5, 5.41) is 10.5. The number of ketones is 1. The lowest BCUT2D eigenvalue weighted by atomic mass is 9.89. The summed E-state index contributed by atoms with van der Waals surface area (Å²) < 4.78 is 10.6. The zero-order chi connectivity index (χ0) is 24.7. The number of hydrogen-bond donors (Lipinski definition) is 1. The first-order valence-electron chi connectivity index (χ1n) is 11.4. The first kappa shape index (κ1) is 25.1. The van der Waals surface area contributed by atoms with Gasteiger partial charge in [0.25, 0.3) is 11.8 Å². The van der Waals surface area contributed by atoms with Crippen molar-refractivity contribution in [2.45, 2.75) is 45.1 Å². The fraction of sp³-hybridized carbons (Fsp3) is 0.385. The van der Waals surface area contributed by atoms with Crippen LogP contribution in [0.4, 0.5) is 0 Å². The third-order valence-corrected chi connectivity index (χ3v) is 5.65. The molecule has 1 atom stereocenters. The average molecular weight is 468 g/mol. The van der Waals surface area contributed by atoms with Crippen LogP contribution in [-0.4, -0.2) is 58.9 Å². The number of Topliss-reactive ketones (excluding diaryl/α,β-unsaturated/α-hetero) is 1. The standard InChI is InChI=1S/C26H29NO7/c1-3-4-7-14-26(2,32)23(29)18-10-12-19(13-11-18)33-15-16-34-22(28)17-27-24(30)20-8-5-6-9-21(20)25(27)31/h5-6,8-13,32H,3-4,7,14-17H2,1-2H3. The minimum atomic E-state index is -1.41. The van der Waals surface area contributed by atoms with Crippen molar-refractivity contribution in [2.75, 3.05) is 19.8 Å². The molecular formula is C26H29NO7. The number of nitrogens with zero attached hydrogens (tertiary/aromatic N) is 1. The van der Waals surface area contributed by atoms with Gasteiger partial charge in [-0.2, -0.15) is 0 Å². The lowest BCUT2D eigenvalue weighted by molar-refractivity contribution is -0.144. The molecule has 1 aliphatic rings. The van der Waals surface area contributed by atoms with Gasteiger partial charge in [0, 0.05) is 5.56 Å². The molecule has 0 aliphatic carbocycles. The first-order chi connectivity index (χ1) is 16.2. The van der Waals surface area contributed by atoms with E-state index in [1.165, 1.54) is 6.92 Å². The van der Waals surface area contributed by atoms with E-state index >= 15 is 0 Å². The van der Waals surface area contributed by atoms with E-state index in [-0.39, 0.29) is 30.1 Å². The quantitative estimate of drug-likeness (QED) is 0.220. The van der Waals surface area contributed by atoms with Gasteiger partial charge in [0.15, 0.2) is 5.78 Å². The average Bonchev–Trinajstić information content (AvgIpc) is 3.07. The Kier molecular flexibility index (Phi) is 8.17. The van der Waals surface area contributed by atoms with Crippen molar-refractivity contribution < 1.29 is 33.8 Å². The molecule has 180 valence electrons. The van der Waals surface area contributed by atoms with Crippen LogP contribution < -0.4 is 4.74 Å². The van der Waals surface area contributed by atoms with Crippen LogP contribution in [0, 0.1) is 0 Å². The van der Waals surface area contributed by atoms with Gasteiger partial charge >= 0.3 is 5.97 Å². The summed E-state index contributed by atoms with van der Waals surface area (Å²) >= 11 is 0. The summed E-state index contributed by atoms with van der Waals surface area (Å²) in [7, 11) is 0. The number of carbonyl (C=O) groups is 4. The number of ether oxygens (including phenoxy) is 2. The first-order valence-corrected chi connectivity index (χ1v) is 11.4. The van der Waals surface area contributed by atoms with Crippen molar-refractivity contribution in [1.29, 1.82) is 0 Å². The molecule has 2 aromatic carbocycles. The molecule has 1 N–H and O–H groups in total. The smallest absolute Gasteiger partial charge is 0.326 e. The highest BCUT2D eigenvalue weighted by molar-refractivity contribution is 6.22. The minimum Gasteiger partial charge on any atom is -0.490 e. The molecule has 0 aromatic heterocycles. The van der Waals surface area contributed by atoms with Crippen LogP contribution in [0.25, 0.3) is 0 Å². The molecule has 2 amide bonds. The molecule has 0 bridgehead atoms. The Morgan fingerprint density at radius 3 is 2.15 bits per heavy atom. The highest BCUT2D eigenvalue weighted by Crippen LogP contribution is 2.23. The van der Waals surface area contributed by atoms with Crippen molar-refractivity contribution in [2.24, 2.45) is 0 Å². The van der Waals surface area contributed by atoms with E-state index in [9.17, 15) is 24.3 Å². The normalized spacial score (nSPS) is 14.5. The largest absolute Gasteiger partial charge is 0.490 e. The van der Waals surface area contributed by atoms with E-state index in [4.69, 9.17) is 9.47 Å². The van der Waals surface area contributed by atoms with Gasteiger partial charge in [-0.15, -0.1) is 0 Å². The monoisotopic (exact) mass is 467 g/mol. The Hall–Kier alpha value is -3.52. The maximum atomic E-state index is 12.6. The van der Waals surface area contributed by atoms with Gasteiger partial charge in [0.1, 0.15) is 31.1 Å². The summed E-state index contributed by atoms with van der Waals surface area (Å²) in [4.78, 5) is 50.1. The summed E-state index contributed by atoms with van der Waals surface area (Å²) in [5.74, 6) is -1.62. The Balaban J connectivity index is 1.42. The molecule has 0 fully saturated rings. The number of hydrogen-bond acceptors (Lipinski definition) is 7. The topological polar surface area (TPSA) is 110 Å². The molecule has 3 rings (SSSR count). The highest BCUT2D eigenvalue weighted by atomic mass is 16.6. The van der Waals surface area contributed by atoms with Crippen molar-refractivity contribution in [1.82, 2.24) is 4.90 Å². The fourth-order valence-electron chi connectivity index (χ4n) is 3.72. The van der Waals surface area contributed by atoms with E-state index in [1.54, 1.807) is 48.5 Å². The van der Waals surface area contributed by atoms with Crippen LogP contribution in [0.5, 0.6) is 5.75 Å². The van der Waals surface area contributed by atoms with E-state index in [2.05, 4.69) is 6.92 Å². The number of aliphatic hydroxyl groups is 1. The van der Waals surface area contributed by atoms with Crippen LogP contribution in [0.3, 0.4) is 0 Å². The van der Waals surface area contributed by atoms with Crippen LogP contribution in [-0.2, 0) is 9.53 Å². The minimum absolute atomic E-state index is 0.0515. The molecule has 34 heavy (non-hydrogen) atoms. The van der Waals surface area contributed by atoms with Crippen LogP contribution >= 0.6 is 0 Å². The van der Waals surface area contributed by atoms with Gasteiger partial charge in [-0.1, -0.05) is 38.3 Å². The lowest BCUT2D eigenvalue weighted by Crippen LogP contribution is -2.36.